The Morgan fingerprint density at radius 2 is 2.12 bits per heavy atom. The van der Waals surface area contributed by atoms with E-state index >= 15 is 0 Å². The van der Waals surface area contributed by atoms with Crippen LogP contribution in [-0.4, -0.2) is 28.9 Å². The zero-order chi connectivity index (χ0) is 17.9. The van der Waals surface area contributed by atoms with Gasteiger partial charge in [0.25, 0.3) is 5.91 Å². The number of nitrogens with zero attached hydrogens (tertiary/aromatic N) is 2. The van der Waals surface area contributed by atoms with Crippen LogP contribution in [0.5, 0.6) is 0 Å². The lowest BCUT2D eigenvalue weighted by molar-refractivity contribution is 0.0840. The van der Waals surface area contributed by atoms with Crippen molar-refractivity contribution in [3.63, 3.8) is 0 Å². The Kier molecular flexibility index (Phi) is 5.55. The molecule has 0 bridgehead atoms. The molecule has 136 valence electrons. The number of hydrogen-bond donors (Lipinski definition) is 0. The highest BCUT2D eigenvalue weighted by Gasteiger charge is 2.23. The summed E-state index contributed by atoms with van der Waals surface area (Å²) < 4.78 is 7.86. The van der Waals surface area contributed by atoms with Crippen LogP contribution in [-0.2, 0) is 17.6 Å². The molecule has 26 heavy (non-hydrogen) atoms. The van der Waals surface area contributed by atoms with E-state index in [1.54, 1.807) is 16.0 Å². The first-order valence-electron chi connectivity index (χ1n) is 8.68. The Hall–Kier alpha value is -1.47. The molecule has 1 aliphatic heterocycles. The second-order valence-corrected chi connectivity index (χ2v) is 8.96. The van der Waals surface area contributed by atoms with Gasteiger partial charge in [-0.15, -0.1) is 11.3 Å². The molecule has 1 saturated heterocycles. The molecule has 0 aromatic carbocycles. The van der Waals surface area contributed by atoms with Gasteiger partial charge in [0.2, 0.25) is 0 Å². The maximum Gasteiger partial charge on any atom is 0.279 e. The van der Waals surface area contributed by atoms with Gasteiger partial charge >= 0.3 is 0 Å². The third-order valence-electron chi connectivity index (χ3n) is 4.66. The molecule has 0 radical (unpaired) electrons. The minimum absolute atomic E-state index is 0.0521. The van der Waals surface area contributed by atoms with Crippen molar-refractivity contribution in [3.8, 4) is 0 Å². The van der Waals surface area contributed by atoms with E-state index in [1.165, 1.54) is 16.2 Å². The fraction of sp³-hybridized carbons (Fsp3) is 0.368. The van der Waals surface area contributed by atoms with E-state index < -0.39 is 0 Å². The number of thiophene rings is 2. The van der Waals surface area contributed by atoms with Crippen LogP contribution in [0.4, 0.5) is 0 Å². The molecule has 0 amide bonds. The van der Waals surface area contributed by atoms with Crippen LogP contribution in [0.2, 0.25) is 4.34 Å². The first-order valence-corrected chi connectivity index (χ1v) is 10.8. The fourth-order valence-electron chi connectivity index (χ4n) is 3.23. The predicted octanol–water partition coefficient (Wildman–Crippen LogP) is 5.03. The third-order valence-corrected chi connectivity index (χ3v) is 6.63. The molecular formula is C19H19ClN2O2S2. The van der Waals surface area contributed by atoms with Crippen LogP contribution in [0.15, 0.2) is 35.0 Å². The second kappa shape index (κ2) is 8.05. The minimum Gasteiger partial charge on any atom is -0.381 e. The van der Waals surface area contributed by atoms with Crippen LogP contribution >= 0.6 is 34.3 Å². The van der Waals surface area contributed by atoms with Crippen LogP contribution in [0.25, 0.3) is 0 Å². The number of ether oxygens (including phenoxy) is 1. The maximum absolute atomic E-state index is 12.9. The summed E-state index contributed by atoms with van der Waals surface area (Å²) in [6.45, 7) is 1.53. The van der Waals surface area contributed by atoms with Crippen molar-refractivity contribution in [2.24, 2.45) is 0 Å². The molecule has 0 spiro atoms. The molecule has 1 fully saturated rings. The smallest absolute Gasteiger partial charge is 0.279 e. The topological polar surface area (TPSA) is 44.1 Å². The SMILES string of the molecule is O=C(c1ccsc1)n1nc(C2CCOCC2)cc1CCc1ccc(Cl)s1. The van der Waals surface area contributed by atoms with E-state index in [4.69, 9.17) is 21.4 Å². The molecule has 4 rings (SSSR count). The molecular weight excluding hydrogens is 388 g/mol. The minimum atomic E-state index is -0.0521. The molecule has 3 aromatic heterocycles. The molecule has 0 aliphatic carbocycles. The van der Waals surface area contributed by atoms with Crippen LogP contribution in [0, 0.1) is 0 Å². The van der Waals surface area contributed by atoms with Crippen LogP contribution in [0.1, 0.15) is 45.4 Å². The zero-order valence-electron chi connectivity index (χ0n) is 14.2. The molecule has 0 unspecified atom stereocenters. The molecule has 0 N–H and O–H groups in total. The van der Waals surface area contributed by atoms with Crippen molar-refractivity contribution in [2.75, 3.05) is 13.2 Å². The van der Waals surface area contributed by atoms with Gasteiger partial charge in [-0.05, 0) is 55.3 Å². The van der Waals surface area contributed by atoms with Crippen molar-refractivity contribution in [3.05, 3.63) is 61.2 Å². The van der Waals surface area contributed by atoms with Gasteiger partial charge < -0.3 is 4.74 Å². The quantitative estimate of drug-likeness (QED) is 0.597. The van der Waals surface area contributed by atoms with E-state index in [-0.39, 0.29) is 5.91 Å². The van der Waals surface area contributed by atoms with Crippen molar-refractivity contribution < 1.29 is 9.53 Å². The average molecular weight is 407 g/mol. The second-order valence-electron chi connectivity index (χ2n) is 6.38. The Balaban J connectivity index is 1.60. The highest BCUT2D eigenvalue weighted by Crippen LogP contribution is 2.28. The summed E-state index contributed by atoms with van der Waals surface area (Å²) in [6, 6.07) is 7.93. The Morgan fingerprint density at radius 1 is 1.27 bits per heavy atom. The van der Waals surface area contributed by atoms with Gasteiger partial charge in [0.1, 0.15) is 0 Å². The largest absolute Gasteiger partial charge is 0.381 e. The molecule has 0 atom stereocenters. The van der Waals surface area contributed by atoms with Crippen molar-refractivity contribution in [1.29, 1.82) is 0 Å². The highest BCUT2D eigenvalue weighted by atomic mass is 35.5. The number of carbonyl (C=O) groups is 1. The van der Waals surface area contributed by atoms with Gasteiger partial charge in [-0.3, -0.25) is 4.79 Å². The number of hydrogen-bond acceptors (Lipinski definition) is 5. The van der Waals surface area contributed by atoms with E-state index in [2.05, 4.69) is 6.07 Å². The van der Waals surface area contributed by atoms with Gasteiger partial charge in [-0.25, -0.2) is 4.68 Å². The number of aryl methyl sites for hydroxylation is 2. The van der Waals surface area contributed by atoms with Crippen LogP contribution < -0.4 is 0 Å². The lowest BCUT2D eigenvalue weighted by Gasteiger charge is -2.19. The summed E-state index contributed by atoms with van der Waals surface area (Å²) in [5, 5.41) is 8.50. The zero-order valence-corrected chi connectivity index (χ0v) is 16.6. The summed E-state index contributed by atoms with van der Waals surface area (Å²) in [4.78, 5) is 14.1. The van der Waals surface area contributed by atoms with E-state index in [0.29, 0.717) is 11.5 Å². The van der Waals surface area contributed by atoms with Crippen LogP contribution in [0.3, 0.4) is 0 Å². The normalized spacial score (nSPS) is 15.4. The van der Waals surface area contributed by atoms with Crippen molar-refractivity contribution in [2.45, 2.75) is 31.6 Å². The van der Waals surface area contributed by atoms with Crippen molar-refractivity contribution in [1.82, 2.24) is 9.78 Å². The summed E-state index contributed by atoms with van der Waals surface area (Å²) in [7, 11) is 0. The first-order chi connectivity index (χ1) is 12.7. The monoisotopic (exact) mass is 406 g/mol. The Morgan fingerprint density at radius 3 is 2.81 bits per heavy atom. The van der Waals surface area contributed by atoms with Crippen molar-refractivity contribution >= 4 is 40.2 Å². The Bertz CT molecular complexity index is 879. The van der Waals surface area contributed by atoms with E-state index in [0.717, 1.165) is 54.6 Å². The summed E-state index contributed by atoms with van der Waals surface area (Å²) in [5.41, 5.74) is 2.67. The lowest BCUT2D eigenvalue weighted by atomic mass is 9.96. The highest BCUT2D eigenvalue weighted by molar-refractivity contribution is 7.16. The van der Waals surface area contributed by atoms with Gasteiger partial charge in [-0.1, -0.05) is 11.6 Å². The molecule has 1 aliphatic rings. The molecule has 4 heterocycles. The predicted molar refractivity (Wildman–Crippen MR) is 106 cm³/mol. The molecule has 7 heteroatoms. The fourth-order valence-corrected chi connectivity index (χ4v) is 4.95. The van der Waals surface area contributed by atoms with E-state index in [9.17, 15) is 4.79 Å². The lowest BCUT2D eigenvalue weighted by Crippen LogP contribution is -2.18. The summed E-state index contributed by atoms with van der Waals surface area (Å²) in [6.07, 6.45) is 3.55. The summed E-state index contributed by atoms with van der Waals surface area (Å²) in [5.74, 6) is 0.318. The maximum atomic E-state index is 12.9. The number of carbonyl (C=O) groups excluding carboxylic acids is 1. The number of halogens is 1. The molecule has 0 saturated carbocycles. The standard InChI is InChI=1S/C19H19ClN2O2S2/c20-18-4-3-16(26-18)2-1-15-11-17(13-5-8-24-9-6-13)21-22(15)19(23)14-7-10-25-12-14/h3-4,7,10-13H,1-2,5-6,8-9H2. The number of aromatic nitrogens is 2. The Labute approximate surface area is 165 Å². The molecule has 3 aromatic rings. The number of rotatable bonds is 5. The first kappa shape index (κ1) is 17.9. The van der Waals surface area contributed by atoms with Gasteiger partial charge in [0, 0.05) is 35.1 Å². The third kappa shape index (κ3) is 3.93. The molecule has 4 nitrogen and oxygen atoms in total. The van der Waals surface area contributed by atoms with Gasteiger partial charge in [-0.2, -0.15) is 16.4 Å². The van der Waals surface area contributed by atoms with E-state index in [1.807, 2.05) is 29.0 Å². The van der Waals surface area contributed by atoms with Gasteiger partial charge in [0.05, 0.1) is 15.6 Å². The van der Waals surface area contributed by atoms with Gasteiger partial charge in [0.15, 0.2) is 0 Å². The summed E-state index contributed by atoms with van der Waals surface area (Å²) >= 11 is 9.15. The average Bonchev–Trinajstić information content (AvgIpc) is 3.41.